The molecule has 0 aromatic rings. The van der Waals surface area contributed by atoms with E-state index in [9.17, 15) is 9.90 Å². The fraction of sp³-hybridized carbons (Fsp3) is 0.571. The second-order valence-corrected chi connectivity index (χ2v) is 8.07. The highest BCUT2D eigenvalue weighted by atomic mass is 16.3. The number of rotatable bonds is 0. The Balaban J connectivity index is 1.76. The zero-order chi connectivity index (χ0) is 16.4. The molecule has 4 rings (SSSR count). The first-order valence-corrected chi connectivity index (χ1v) is 8.69. The number of allylic oxidation sites excluding steroid dienone is 4. The van der Waals surface area contributed by atoms with Gasteiger partial charge in [0.1, 0.15) is 11.4 Å². The molecule has 0 amide bonds. The van der Waals surface area contributed by atoms with E-state index < -0.39 is 5.60 Å². The summed E-state index contributed by atoms with van der Waals surface area (Å²) >= 11 is 0. The van der Waals surface area contributed by atoms with Crippen LogP contribution >= 0.6 is 0 Å². The smallest absolute Gasteiger partial charge is 0.150 e. The van der Waals surface area contributed by atoms with Crippen LogP contribution in [0.3, 0.4) is 0 Å². The van der Waals surface area contributed by atoms with Gasteiger partial charge in [-0.25, -0.2) is 0 Å². The van der Waals surface area contributed by atoms with Gasteiger partial charge in [-0.1, -0.05) is 42.2 Å². The molecule has 0 radical (unpaired) electrons. The van der Waals surface area contributed by atoms with Gasteiger partial charge in [0.05, 0.1) is 0 Å². The Labute approximate surface area is 138 Å². The monoisotopic (exact) mass is 308 g/mol. The van der Waals surface area contributed by atoms with Crippen molar-refractivity contribution >= 4 is 5.78 Å². The largest absolute Gasteiger partial charge is 0.373 e. The Hall–Kier alpha value is -1.59. The number of terminal acetylenes is 1. The van der Waals surface area contributed by atoms with Crippen LogP contribution in [0.15, 0.2) is 35.5 Å². The minimum Gasteiger partial charge on any atom is -0.373 e. The molecule has 0 unspecified atom stereocenters. The average molecular weight is 308 g/mol. The molecule has 1 N–H and O–H groups in total. The molecule has 0 saturated heterocycles. The van der Waals surface area contributed by atoms with Crippen LogP contribution in [0.4, 0.5) is 0 Å². The summed E-state index contributed by atoms with van der Waals surface area (Å²) in [5.74, 6) is 4.16. The molecule has 0 spiro atoms. The Morgan fingerprint density at radius 2 is 2.17 bits per heavy atom. The zero-order valence-corrected chi connectivity index (χ0v) is 13.8. The highest BCUT2D eigenvalue weighted by molar-refractivity contribution is 5.83. The Kier molecular flexibility index (Phi) is 3.06. The molecule has 1 fully saturated rings. The molecule has 5 atom stereocenters. The molecule has 120 valence electrons. The van der Waals surface area contributed by atoms with Crippen LogP contribution in [0.25, 0.3) is 0 Å². The van der Waals surface area contributed by atoms with Crippen LogP contribution in [-0.4, -0.2) is 16.5 Å². The summed E-state index contributed by atoms with van der Waals surface area (Å²) in [5, 5.41) is 10.9. The molecule has 23 heavy (non-hydrogen) atoms. The molecule has 4 aliphatic rings. The van der Waals surface area contributed by atoms with E-state index >= 15 is 0 Å². The standard InChI is InChI=1S/C21H24O2/c1-4-21(23)10-9-18-17-7-5-14-11-15(22)6-8-16(14)19(17)13(2)12-20(18,21)3/h1,9-10,17-19,23H,2,5-8,11-12H2,3H3/t17-,18-,19+,20-,21-/m0/s1. The van der Waals surface area contributed by atoms with Gasteiger partial charge in [-0.2, -0.15) is 0 Å². The third kappa shape index (κ3) is 1.83. The van der Waals surface area contributed by atoms with Crippen LogP contribution in [0.2, 0.25) is 0 Å². The van der Waals surface area contributed by atoms with Gasteiger partial charge in [0.15, 0.2) is 0 Å². The molecular weight excluding hydrogens is 284 g/mol. The number of carbonyl (C=O) groups is 1. The molecule has 0 aromatic heterocycles. The number of hydrogen-bond acceptors (Lipinski definition) is 2. The van der Waals surface area contributed by atoms with E-state index in [1.807, 2.05) is 6.08 Å². The quantitative estimate of drug-likeness (QED) is 0.548. The van der Waals surface area contributed by atoms with Crippen molar-refractivity contribution in [2.24, 2.45) is 23.2 Å². The summed E-state index contributed by atoms with van der Waals surface area (Å²) in [4.78, 5) is 11.8. The van der Waals surface area contributed by atoms with Gasteiger partial charge in [-0.3, -0.25) is 4.79 Å². The maximum absolute atomic E-state index is 11.8. The summed E-state index contributed by atoms with van der Waals surface area (Å²) in [6, 6.07) is 0. The first-order chi connectivity index (χ1) is 10.9. The van der Waals surface area contributed by atoms with Gasteiger partial charge in [0.25, 0.3) is 0 Å². The van der Waals surface area contributed by atoms with Crippen molar-refractivity contribution < 1.29 is 9.90 Å². The van der Waals surface area contributed by atoms with Gasteiger partial charge in [0, 0.05) is 24.2 Å². The minimum atomic E-state index is -1.16. The molecule has 4 aliphatic carbocycles. The number of carbonyl (C=O) groups excluding carboxylic acids is 1. The van der Waals surface area contributed by atoms with Crippen molar-refractivity contribution in [1.82, 2.24) is 0 Å². The second kappa shape index (κ2) is 4.71. The Bertz CT molecular complexity index is 704. The molecule has 2 nitrogen and oxygen atoms in total. The summed E-state index contributed by atoms with van der Waals surface area (Å²) < 4.78 is 0. The average Bonchev–Trinajstić information content (AvgIpc) is 2.78. The summed E-state index contributed by atoms with van der Waals surface area (Å²) in [7, 11) is 0. The molecular formula is C21H24O2. The molecule has 0 heterocycles. The summed E-state index contributed by atoms with van der Waals surface area (Å²) in [5.41, 5.74) is 2.55. The van der Waals surface area contributed by atoms with E-state index in [0.717, 1.165) is 25.7 Å². The number of fused-ring (bicyclic) bond motifs is 4. The third-order valence-corrected chi connectivity index (χ3v) is 6.99. The maximum atomic E-state index is 11.8. The first kappa shape index (κ1) is 15.0. The van der Waals surface area contributed by atoms with Gasteiger partial charge in [0.2, 0.25) is 0 Å². The third-order valence-electron chi connectivity index (χ3n) is 6.99. The molecule has 0 bridgehead atoms. The topological polar surface area (TPSA) is 37.3 Å². The van der Waals surface area contributed by atoms with Crippen LogP contribution in [0.1, 0.15) is 45.4 Å². The van der Waals surface area contributed by atoms with Gasteiger partial charge in [-0.05, 0) is 43.6 Å². The summed E-state index contributed by atoms with van der Waals surface area (Å²) in [6.07, 6.45) is 14.7. The van der Waals surface area contributed by atoms with E-state index in [1.54, 1.807) is 0 Å². The lowest BCUT2D eigenvalue weighted by atomic mass is 9.51. The molecule has 2 heteroatoms. The molecule has 1 saturated carbocycles. The van der Waals surface area contributed by atoms with Crippen molar-refractivity contribution in [2.75, 3.05) is 0 Å². The van der Waals surface area contributed by atoms with Crippen molar-refractivity contribution in [1.29, 1.82) is 0 Å². The van der Waals surface area contributed by atoms with E-state index in [4.69, 9.17) is 6.42 Å². The van der Waals surface area contributed by atoms with E-state index in [1.165, 1.54) is 16.7 Å². The first-order valence-electron chi connectivity index (χ1n) is 8.69. The van der Waals surface area contributed by atoms with Crippen molar-refractivity contribution in [3.63, 3.8) is 0 Å². The lowest BCUT2D eigenvalue weighted by Gasteiger charge is -2.54. The van der Waals surface area contributed by atoms with E-state index in [2.05, 4.69) is 25.5 Å². The van der Waals surface area contributed by atoms with Crippen LogP contribution in [-0.2, 0) is 4.79 Å². The number of Topliss-reactive ketones (excluding diaryl/α,β-unsaturated/α-hetero) is 1. The normalized spacial score (nSPS) is 45.3. The highest BCUT2D eigenvalue weighted by Crippen LogP contribution is 2.62. The molecule has 0 aliphatic heterocycles. The predicted octanol–water partition coefficient (Wildman–Crippen LogP) is 3.58. The van der Waals surface area contributed by atoms with Crippen molar-refractivity contribution in [3.8, 4) is 12.3 Å². The van der Waals surface area contributed by atoms with E-state index in [0.29, 0.717) is 36.4 Å². The fourth-order valence-electron chi connectivity index (χ4n) is 5.78. The Morgan fingerprint density at radius 3 is 2.91 bits per heavy atom. The minimum absolute atomic E-state index is 0.297. The van der Waals surface area contributed by atoms with Crippen LogP contribution < -0.4 is 0 Å². The van der Waals surface area contributed by atoms with E-state index in [-0.39, 0.29) is 5.41 Å². The highest BCUT2D eigenvalue weighted by Gasteiger charge is 2.60. The second-order valence-electron chi connectivity index (χ2n) is 8.07. The van der Waals surface area contributed by atoms with Crippen molar-refractivity contribution in [3.05, 3.63) is 35.5 Å². The number of hydrogen-bond donors (Lipinski definition) is 1. The maximum Gasteiger partial charge on any atom is 0.150 e. The lowest BCUT2D eigenvalue weighted by molar-refractivity contribution is -0.119. The van der Waals surface area contributed by atoms with Gasteiger partial charge < -0.3 is 5.11 Å². The fourth-order valence-corrected chi connectivity index (χ4v) is 5.78. The van der Waals surface area contributed by atoms with Gasteiger partial charge >= 0.3 is 0 Å². The van der Waals surface area contributed by atoms with Crippen LogP contribution in [0, 0.1) is 35.5 Å². The van der Waals surface area contributed by atoms with Crippen molar-refractivity contribution in [2.45, 2.75) is 51.0 Å². The SMILES string of the molecule is C#C[C@]1(O)C=C[C@H]2[C@@H]3CCC4=C(CCC(=O)C4)[C@H]3C(=C)C[C@@]21C. The number of aliphatic hydroxyl groups is 1. The Morgan fingerprint density at radius 1 is 1.39 bits per heavy atom. The number of ketones is 1. The molecule has 0 aromatic carbocycles. The van der Waals surface area contributed by atoms with Crippen LogP contribution in [0.5, 0.6) is 0 Å². The zero-order valence-electron chi connectivity index (χ0n) is 13.8. The lowest BCUT2D eigenvalue weighted by Crippen LogP contribution is -2.52. The van der Waals surface area contributed by atoms with Gasteiger partial charge in [-0.15, -0.1) is 6.42 Å². The summed E-state index contributed by atoms with van der Waals surface area (Å²) in [6.45, 7) is 6.51. The predicted molar refractivity (Wildman–Crippen MR) is 90.4 cm³/mol.